The molecule has 24 heavy (non-hydrogen) atoms. The summed E-state index contributed by atoms with van der Waals surface area (Å²) in [6.45, 7) is 0.439. The van der Waals surface area contributed by atoms with Crippen molar-refractivity contribution in [2.45, 2.75) is 25.4 Å². The summed E-state index contributed by atoms with van der Waals surface area (Å²) in [4.78, 5) is 14.6. The summed E-state index contributed by atoms with van der Waals surface area (Å²) in [5.41, 5.74) is 1.11. The van der Waals surface area contributed by atoms with Gasteiger partial charge < -0.3 is 9.64 Å². The summed E-state index contributed by atoms with van der Waals surface area (Å²) in [7, 11) is 1.60. The lowest BCUT2D eigenvalue weighted by Crippen LogP contribution is -2.32. The standard InChI is InChI=1S/C18H16Cl2FNO2/c1-24-13-6-2-11(3-7-13)10-22(12-4-5-12)18(23)14-8-17(21)16(20)9-15(14)19/h2-3,6-9,12H,4-5,10H2,1H3. The molecule has 2 aromatic rings. The highest BCUT2D eigenvalue weighted by molar-refractivity contribution is 6.36. The lowest BCUT2D eigenvalue weighted by molar-refractivity contribution is 0.0729. The third-order valence-corrected chi connectivity index (χ3v) is 4.60. The van der Waals surface area contributed by atoms with E-state index < -0.39 is 5.82 Å². The molecule has 0 bridgehead atoms. The second kappa shape index (κ2) is 6.99. The molecule has 2 aromatic carbocycles. The topological polar surface area (TPSA) is 29.5 Å². The third-order valence-electron chi connectivity index (χ3n) is 4.00. The van der Waals surface area contributed by atoms with Crippen LogP contribution in [0.1, 0.15) is 28.8 Å². The molecule has 0 heterocycles. The van der Waals surface area contributed by atoms with Crippen molar-refractivity contribution in [1.82, 2.24) is 4.90 Å². The zero-order chi connectivity index (χ0) is 17.3. The molecule has 0 spiro atoms. The number of ether oxygens (including phenoxy) is 1. The molecule has 0 N–H and O–H groups in total. The lowest BCUT2D eigenvalue weighted by atomic mass is 10.1. The van der Waals surface area contributed by atoms with E-state index in [4.69, 9.17) is 27.9 Å². The summed E-state index contributed by atoms with van der Waals surface area (Å²) in [5, 5.41) is 0.0662. The van der Waals surface area contributed by atoms with E-state index in [1.54, 1.807) is 12.0 Å². The van der Waals surface area contributed by atoms with Gasteiger partial charge in [0.05, 0.1) is 22.7 Å². The molecule has 6 heteroatoms. The number of rotatable bonds is 5. The summed E-state index contributed by atoms with van der Waals surface area (Å²) >= 11 is 11.8. The number of hydrogen-bond acceptors (Lipinski definition) is 2. The Labute approximate surface area is 149 Å². The molecule has 1 aliphatic rings. The Hall–Kier alpha value is -1.78. The number of benzene rings is 2. The Balaban J connectivity index is 1.85. The van der Waals surface area contributed by atoms with Crippen molar-refractivity contribution < 1.29 is 13.9 Å². The Kier molecular flexibility index (Phi) is 4.97. The maximum Gasteiger partial charge on any atom is 0.256 e. The molecule has 0 radical (unpaired) electrons. The zero-order valence-electron chi connectivity index (χ0n) is 13.1. The van der Waals surface area contributed by atoms with Crippen molar-refractivity contribution >= 4 is 29.1 Å². The Morgan fingerprint density at radius 1 is 1.21 bits per heavy atom. The molecule has 1 saturated carbocycles. The van der Waals surface area contributed by atoms with Crippen LogP contribution in [0.25, 0.3) is 0 Å². The fourth-order valence-corrected chi connectivity index (χ4v) is 2.99. The van der Waals surface area contributed by atoms with E-state index in [0.717, 1.165) is 30.2 Å². The molecule has 1 aliphatic carbocycles. The van der Waals surface area contributed by atoms with Crippen LogP contribution in [-0.2, 0) is 6.54 Å². The first kappa shape index (κ1) is 17.1. The van der Waals surface area contributed by atoms with Crippen molar-refractivity contribution in [3.63, 3.8) is 0 Å². The summed E-state index contributed by atoms with van der Waals surface area (Å²) in [5.74, 6) is -0.177. The second-order valence-corrected chi connectivity index (χ2v) is 6.57. The average molecular weight is 368 g/mol. The van der Waals surface area contributed by atoms with E-state index >= 15 is 0 Å². The summed E-state index contributed by atoms with van der Waals surface area (Å²) < 4.78 is 18.9. The van der Waals surface area contributed by atoms with Gasteiger partial charge in [-0.2, -0.15) is 0 Å². The molecular weight excluding hydrogens is 352 g/mol. The van der Waals surface area contributed by atoms with Gasteiger partial charge in [0.15, 0.2) is 0 Å². The monoisotopic (exact) mass is 367 g/mol. The number of hydrogen-bond donors (Lipinski definition) is 0. The smallest absolute Gasteiger partial charge is 0.256 e. The van der Waals surface area contributed by atoms with Crippen LogP contribution in [0.5, 0.6) is 5.75 Å². The van der Waals surface area contributed by atoms with Crippen LogP contribution in [-0.4, -0.2) is 24.0 Å². The van der Waals surface area contributed by atoms with Crippen LogP contribution >= 0.6 is 23.2 Å². The van der Waals surface area contributed by atoms with Gasteiger partial charge >= 0.3 is 0 Å². The van der Waals surface area contributed by atoms with Gasteiger partial charge in [-0.15, -0.1) is 0 Å². The van der Waals surface area contributed by atoms with E-state index in [9.17, 15) is 9.18 Å². The first-order chi connectivity index (χ1) is 11.5. The fraction of sp³-hybridized carbons (Fsp3) is 0.278. The number of methoxy groups -OCH3 is 1. The van der Waals surface area contributed by atoms with Gasteiger partial charge in [0.1, 0.15) is 11.6 Å². The van der Waals surface area contributed by atoms with E-state index in [1.165, 1.54) is 6.07 Å². The van der Waals surface area contributed by atoms with Gasteiger partial charge in [0.25, 0.3) is 5.91 Å². The van der Waals surface area contributed by atoms with Crippen molar-refractivity contribution in [3.05, 3.63) is 63.4 Å². The highest BCUT2D eigenvalue weighted by Gasteiger charge is 2.34. The largest absolute Gasteiger partial charge is 0.497 e. The van der Waals surface area contributed by atoms with Gasteiger partial charge in [0, 0.05) is 12.6 Å². The van der Waals surface area contributed by atoms with Gasteiger partial charge in [-0.25, -0.2) is 4.39 Å². The Morgan fingerprint density at radius 3 is 2.46 bits per heavy atom. The van der Waals surface area contributed by atoms with Gasteiger partial charge in [-0.1, -0.05) is 35.3 Å². The van der Waals surface area contributed by atoms with Crippen molar-refractivity contribution in [3.8, 4) is 5.75 Å². The second-order valence-electron chi connectivity index (χ2n) is 5.76. The first-order valence-electron chi connectivity index (χ1n) is 7.58. The SMILES string of the molecule is COc1ccc(CN(C(=O)c2cc(F)c(Cl)cc2Cl)C2CC2)cc1. The molecule has 1 amide bonds. The maximum atomic E-state index is 13.7. The van der Waals surface area contributed by atoms with Gasteiger partial charge in [0.2, 0.25) is 0 Å². The molecule has 0 atom stereocenters. The molecule has 3 nitrogen and oxygen atoms in total. The van der Waals surface area contributed by atoms with Crippen molar-refractivity contribution in [1.29, 1.82) is 0 Å². The molecular formula is C18H16Cl2FNO2. The summed E-state index contributed by atoms with van der Waals surface area (Å²) in [6, 6.07) is 10.0. The number of nitrogens with zero attached hydrogens (tertiary/aromatic N) is 1. The minimum absolute atomic E-state index is 0.0929. The molecule has 1 fully saturated rings. The van der Waals surface area contributed by atoms with Crippen molar-refractivity contribution in [2.75, 3.05) is 7.11 Å². The molecule has 0 saturated heterocycles. The third kappa shape index (κ3) is 3.65. The zero-order valence-corrected chi connectivity index (χ0v) is 14.6. The number of carbonyl (C=O) groups is 1. The minimum atomic E-state index is -0.649. The number of halogens is 3. The normalized spacial score (nSPS) is 13.7. The van der Waals surface area contributed by atoms with E-state index in [2.05, 4.69) is 0 Å². The Bertz CT molecular complexity index is 760. The van der Waals surface area contributed by atoms with E-state index in [-0.39, 0.29) is 27.6 Å². The van der Waals surface area contributed by atoms with Crippen LogP contribution in [0, 0.1) is 5.82 Å². The van der Waals surface area contributed by atoms with Gasteiger partial charge in [-0.3, -0.25) is 4.79 Å². The van der Waals surface area contributed by atoms with Crippen LogP contribution in [0.2, 0.25) is 10.0 Å². The quantitative estimate of drug-likeness (QED) is 0.700. The molecule has 126 valence electrons. The van der Waals surface area contributed by atoms with Crippen LogP contribution < -0.4 is 4.74 Å². The highest BCUT2D eigenvalue weighted by Crippen LogP contribution is 2.32. The van der Waals surface area contributed by atoms with Crippen LogP contribution in [0.15, 0.2) is 36.4 Å². The minimum Gasteiger partial charge on any atom is -0.497 e. The molecule has 3 rings (SSSR count). The van der Waals surface area contributed by atoms with Crippen LogP contribution in [0.3, 0.4) is 0 Å². The first-order valence-corrected chi connectivity index (χ1v) is 8.33. The van der Waals surface area contributed by atoms with Gasteiger partial charge in [-0.05, 0) is 42.7 Å². The Morgan fingerprint density at radius 2 is 1.88 bits per heavy atom. The lowest BCUT2D eigenvalue weighted by Gasteiger charge is -2.23. The predicted molar refractivity (Wildman–Crippen MR) is 92.3 cm³/mol. The van der Waals surface area contributed by atoms with E-state index in [0.29, 0.717) is 6.54 Å². The highest BCUT2D eigenvalue weighted by atomic mass is 35.5. The van der Waals surface area contributed by atoms with Crippen molar-refractivity contribution in [2.24, 2.45) is 0 Å². The maximum absolute atomic E-state index is 13.7. The molecule has 0 unspecified atom stereocenters. The molecule has 0 aliphatic heterocycles. The number of carbonyl (C=O) groups excluding carboxylic acids is 1. The molecule has 0 aromatic heterocycles. The fourth-order valence-electron chi connectivity index (χ4n) is 2.52. The predicted octanol–water partition coefficient (Wildman–Crippen LogP) is 4.95. The average Bonchev–Trinajstić information content (AvgIpc) is 3.41. The van der Waals surface area contributed by atoms with Crippen LogP contribution in [0.4, 0.5) is 4.39 Å². The number of amides is 1. The summed E-state index contributed by atoms with van der Waals surface area (Å²) in [6.07, 6.45) is 1.88. The van der Waals surface area contributed by atoms with E-state index in [1.807, 2.05) is 24.3 Å².